The van der Waals surface area contributed by atoms with Gasteiger partial charge in [-0.3, -0.25) is 0 Å². The van der Waals surface area contributed by atoms with Crippen LogP contribution in [0.15, 0.2) is 12.3 Å². The molecule has 0 amide bonds. The van der Waals surface area contributed by atoms with Gasteiger partial charge in [-0.05, 0) is 31.2 Å². The summed E-state index contributed by atoms with van der Waals surface area (Å²) < 4.78 is 0. The number of aromatic nitrogens is 2. The van der Waals surface area contributed by atoms with Gasteiger partial charge >= 0.3 is 0 Å². The van der Waals surface area contributed by atoms with Gasteiger partial charge < -0.3 is 15.7 Å². The van der Waals surface area contributed by atoms with E-state index in [2.05, 4.69) is 14.9 Å². The minimum absolute atomic E-state index is 0.260. The quantitative estimate of drug-likeness (QED) is 0.785. The summed E-state index contributed by atoms with van der Waals surface area (Å²) in [4.78, 5) is 10.6. The van der Waals surface area contributed by atoms with Crippen molar-refractivity contribution in [1.29, 1.82) is 0 Å². The predicted octanol–water partition coefficient (Wildman–Crippen LogP) is 0.658. The Kier molecular flexibility index (Phi) is 3.56. The summed E-state index contributed by atoms with van der Waals surface area (Å²) >= 11 is 0. The van der Waals surface area contributed by atoms with E-state index in [1.807, 2.05) is 0 Å². The lowest BCUT2D eigenvalue weighted by atomic mass is 9.95. The Morgan fingerprint density at radius 2 is 2.44 bits per heavy atom. The van der Waals surface area contributed by atoms with E-state index in [1.54, 1.807) is 12.3 Å². The maximum atomic E-state index is 8.95. The summed E-state index contributed by atoms with van der Waals surface area (Å²) in [6.07, 6.45) is 4.86. The van der Waals surface area contributed by atoms with Crippen molar-refractivity contribution >= 4 is 11.8 Å². The molecule has 1 saturated heterocycles. The average Bonchev–Trinajstić information content (AvgIpc) is 2.30. The zero-order valence-electron chi connectivity index (χ0n) is 9.34. The van der Waals surface area contributed by atoms with E-state index in [0.717, 1.165) is 25.9 Å². The van der Waals surface area contributed by atoms with E-state index < -0.39 is 0 Å². The Balaban J connectivity index is 2.03. The second-order valence-corrected chi connectivity index (χ2v) is 4.25. The molecule has 3 N–H and O–H groups in total. The minimum Gasteiger partial charge on any atom is -0.396 e. The van der Waals surface area contributed by atoms with E-state index in [1.165, 1.54) is 6.42 Å². The predicted molar refractivity (Wildman–Crippen MR) is 63.1 cm³/mol. The van der Waals surface area contributed by atoms with Crippen molar-refractivity contribution in [2.75, 3.05) is 30.3 Å². The summed E-state index contributed by atoms with van der Waals surface area (Å²) in [7, 11) is 0. The van der Waals surface area contributed by atoms with Crippen LogP contribution in [0, 0.1) is 5.92 Å². The lowest BCUT2D eigenvalue weighted by Crippen LogP contribution is -2.36. The Labute approximate surface area is 95.3 Å². The molecule has 16 heavy (non-hydrogen) atoms. The summed E-state index contributed by atoms with van der Waals surface area (Å²) in [5.74, 6) is 1.76. The normalized spacial score (nSPS) is 21.1. The van der Waals surface area contributed by atoms with Crippen LogP contribution in [-0.4, -0.2) is 34.8 Å². The van der Waals surface area contributed by atoms with Gasteiger partial charge in [0.05, 0.1) is 0 Å². The number of piperidine rings is 1. The number of anilines is 2. The Hall–Kier alpha value is -1.36. The molecule has 0 bridgehead atoms. The van der Waals surface area contributed by atoms with Gasteiger partial charge in [-0.1, -0.05) is 0 Å². The molecule has 0 aliphatic carbocycles. The van der Waals surface area contributed by atoms with Crippen LogP contribution in [0.5, 0.6) is 0 Å². The number of aliphatic hydroxyl groups excluding tert-OH is 1. The van der Waals surface area contributed by atoms with Crippen molar-refractivity contribution in [3.8, 4) is 0 Å². The van der Waals surface area contributed by atoms with Crippen molar-refractivity contribution in [2.24, 2.45) is 5.92 Å². The SMILES string of the molecule is Nc1ccnc(N2CCCC(CCO)C2)n1. The van der Waals surface area contributed by atoms with Crippen LogP contribution in [-0.2, 0) is 0 Å². The monoisotopic (exact) mass is 222 g/mol. The van der Waals surface area contributed by atoms with Gasteiger partial charge in [-0.2, -0.15) is 4.98 Å². The number of nitrogens with two attached hydrogens (primary N) is 1. The largest absolute Gasteiger partial charge is 0.396 e. The van der Waals surface area contributed by atoms with Crippen LogP contribution in [0.2, 0.25) is 0 Å². The first-order valence-corrected chi connectivity index (χ1v) is 5.74. The second-order valence-electron chi connectivity index (χ2n) is 4.25. The Morgan fingerprint density at radius 1 is 1.56 bits per heavy atom. The standard InChI is InChI=1S/C11H18N4O/c12-10-3-5-13-11(14-10)15-6-1-2-9(8-15)4-7-16/h3,5,9,16H,1-2,4,6-8H2,(H2,12,13,14). The lowest BCUT2D eigenvalue weighted by molar-refractivity contribution is 0.244. The average molecular weight is 222 g/mol. The van der Waals surface area contributed by atoms with Crippen LogP contribution < -0.4 is 10.6 Å². The molecule has 2 rings (SSSR count). The van der Waals surface area contributed by atoms with Crippen molar-refractivity contribution in [3.05, 3.63) is 12.3 Å². The lowest BCUT2D eigenvalue weighted by Gasteiger charge is -2.32. The summed E-state index contributed by atoms with van der Waals surface area (Å²) in [6.45, 7) is 2.16. The third kappa shape index (κ3) is 2.61. The number of rotatable bonds is 3. The first kappa shape index (κ1) is 11.1. The molecule has 0 aromatic carbocycles. The third-order valence-electron chi connectivity index (χ3n) is 3.00. The molecule has 0 radical (unpaired) electrons. The van der Waals surface area contributed by atoms with Crippen LogP contribution >= 0.6 is 0 Å². The molecule has 2 heterocycles. The first-order valence-electron chi connectivity index (χ1n) is 5.74. The highest BCUT2D eigenvalue weighted by molar-refractivity contribution is 5.38. The molecule has 5 heteroatoms. The highest BCUT2D eigenvalue weighted by Crippen LogP contribution is 2.22. The molecule has 5 nitrogen and oxygen atoms in total. The smallest absolute Gasteiger partial charge is 0.227 e. The fraction of sp³-hybridized carbons (Fsp3) is 0.636. The highest BCUT2D eigenvalue weighted by atomic mass is 16.3. The topological polar surface area (TPSA) is 75.3 Å². The van der Waals surface area contributed by atoms with E-state index in [9.17, 15) is 0 Å². The van der Waals surface area contributed by atoms with Gasteiger partial charge in [0.25, 0.3) is 0 Å². The van der Waals surface area contributed by atoms with Crippen LogP contribution in [0.25, 0.3) is 0 Å². The third-order valence-corrected chi connectivity index (χ3v) is 3.00. The first-order chi connectivity index (χ1) is 7.79. The maximum Gasteiger partial charge on any atom is 0.227 e. The fourth-order valence-electron chi connectivity index (χ4n) is 2.18. The molecule has 1 fully saturated rings. The summed E-state index contributed by atoms with van der Waals surface area (Å²) in [6, 6.07) is 1.69. The molecule has 1 aromatic rings. The molecule has 88 valence electrons. The number of hydrogen-bond acceptors (Lipinski definition) is 5. The van der Waals surface area contributed by atoms with Crippen molar-refractivity contribution < 1.29 is 5.11 Å². The number of hydrogen-bond donors (Lipinski definition) is 2. The van der Waals surface area contributed by atoms with Crippen LogP contribution in [0.4, 0.5) is 11.8 Å². The summed E-state index contributed by atoms with van der Waals surface area (Å²) in [5, 5.41) is 8.95. The number of nitrogen functional groups attached to an aromatic ring is 1. The Morgan fingerprint density at radius 3 is 3.19 bits per heavy atom. The second kappa shape index (κ2) is 5.12. The van der Waals surface area contributed by atoms with Crippen molar-refractivity contribution in [2.45, 2.75) is 19.3 Å². The molecule has 1 unspecified atom stereocenters. The fourth-order valence-corrected chi connectivity index (χ4v) is 2.18. The van der Waals surface area contributed by atoms with E-state index in [-0.39, 0.29) is 6.61 Å². The van der Waals surface area contributed by atoms with Crippen LogP contribution in [0.3, 0.4) is 0 Å². The van der Waals surface area contributed by atoms with Gasteiger partial charge in [0.2, 0.25) is 5.95 Å². The van der Waals surface area contributed by atoms with Gasteiger partial charge in [0.1, 0.15) is 5.82 Å². The molecular weight excluding hydrogens is 204 g/mol. The van der Waals surface area contributed by atoms with Gasteiger partial charge in [-0.25, -0.2) is 4.98 Å². The van der Waals surface area contributed by atoms with Crippen LogP contribution in [0.1, 0.15) is 19.3 Å². The minimum atomic E-state index is 0.260. The number of nitrogens with zero attached hydrogens (tertiary/aromatic N) is 3. The molecule has 1 aliphatic rings. The van der Waals surface area contributed by atoms with Crippen molar-refractivity contribution in [3.63, 3.8) is 0 Å². The highest BCUT2D eigenvalue weighted by Gasteiger charge is 2.21. The van der Waals surface area contributed by atoms with Crippen molar-refractivity contribution in [1.82, 2.24) is 9.97 Å². The molecule has 0 saturated carbocycles. The Bertz CT molecular complexity index is 343. The maximum absolute atomic E-state index is 8.95. The van der Waals surface area contributed by atoms with Gasteiger partial charge in [-0.15, -0.1) is 0 Å². The molecule has 0 spiro atoms. The summed E-state index contributed by atoms with van der Waals surface area (Å²) in [5.41, 5.74) is 5.64. The molecule has 1 aliphatic heterocycles. The molecule has 1 atom stereocenters. The molecule has 1 aromatic heterocycles. The van der Waals surface area contributed by atoms with E-state index in [0.29, 0.717) is 17.7 Å². The van der Waals surface area contributed by atoms with Gasteiger partial charge in [0.15, 0.2) is 0 Å². The van der Waals surface area contributed by atoms with E-state index in [4.69, 9.17) is 10.8 Å². The number of aliphatic hydroxyl groups is 1. The molecular formula is C11H18N4O. The zero-order chi connectivity index (χ0) is 11.4. The van der Waals surface area contributed by atoms with Gasteiger partial charge in [0, 0.05) is 25.9 Å². The zero-order valence-corrected chi connectivity index (χ0v) is 9.34. The van der Waals surface area contributed by atoms with E-state index >= 15 is 0 Å².